The zero-order chi connectivity index (χ0) is 16.0. The predicted molar refractivity (Wildman–Crippen MR) is 87.6 cm³/mol. The lowest BCUT2D eigenvalue weighted by Gasteiger charge is -2.07. The molecule has 0 aliphatic heterocycles. The molecule has 0 amide bonds. The zero-order valence-corrected chi connectivity index (χ0v) is 13.4. The lowest BCUT2D eigenvalue weighted by molar-refractivity contribution is 0.580. The van der Waals surface area contributed by atoms with E-state index < -0.39 is 10.0 Å². The number of hydrogen-bond donors (Lipinski definition) is 1. The first-order chi connectivity index (χ1) is 10.5. The molecule has 1 N–H and O–H groups in total. The van der Waals surface area contributed by atoms with E-state index in [-0.39, 0.29) is 11.6 Å². The number of sulfonamides is 1. The minimum atomic E-state index is -3.22. The summed E-state index contributed by atoms with van der Waals surface area (Å²) in [5, 5.41) is 0. The maximum atomic E-state index is 13.7. The summed E-state index contributed by atoms with van der Waals surface area (Å²) in [4.78, 5) is 0. The standard InChI is InChI=1S/C17H20FNO2S/c1-2-12-19-22(20,21)13-11-14-7-9-15(10-8-14)16-5-3-4-6-17(16)18/h3-10,19H,2,11-13H2,1H3. The molecule has 3 nitrogen and oxygen atoms in total. The largest absolute Gasteiger partial charge is 0.215 e. The molecule has 0 radical (unpaired) electrons. The van der Waals surface area contributed by atoms with Crippen LogP contribution in [0.25, 0.3) is 11.1 Å². The van der Waals surface area contributed by atoms with Crippen LogP contribution in [-0.4, -0.2) is 20.7 Å². The number of aryl methyl sites for hydroxylation is 1. The van der Waals surface area contributed by atoms with Gasteiger partial charge in [0.25, 0.3) is 0 Å². The van der Waals surface area contributed by atoms with Crippen molar-refractivity contribution < 1.29 is 12.8 Å². The Bertz CT molecular complexity index is 712. The van der Waals surface area contributed by atoms with Crippen LogP contribution < -0.4 is 4.72 Å². The number of hydrogen-bond acceptors (Lipinski definition) is 2. The van der Waals surface area contributed by atoms with Gasteiger partial charge in [-0.25, -0.2) is 17.5 Å². The lowest BCUT2D eigenvalue weighted by atomic mass is 10.0. The van der Waals surface area contributed by atoms with Crippen molar-refractivity contribution >= 4 is 10.0 Å². The van der Waals surface area contributed by atoms with Gasteiger partial charge in [-0.15, -0.1) is 0 Å². The molecular formula is C17H20FNO2S. The van der Waals surface area contributed by atoms with Gasteiger partial charge in [0.15, 0.2) is 0 Å². The van der Waals surface area contributed by atoms with Crippen LogP contribution in [0.5, 0.6) is 0 Å². The van der Waals surface area contributed by atoms with Crippen LogP contribution in [0.1, 0.15) is 18.9 Å². The highest BCUT2D eigenvalue weighted by Crippen LogP contribution is 2.22. The Kier molecular flexibility index (Phi) is 5.69. The fourth-order valence-corrected chi connectivity index (χ4v) is 3.29. The molecule has 2 aromatic rings. The van der Waals surface area contributed by atoms with E-state index in [4.69, 9.17) is 0 Å². The molecule has 0 heterocycles. The summed E-state index contributed by atoms with van der Waals surface area (Å²) in [6, 6.07) is 13.9. The van der Waals surface area contributed by atoms with E-state index in [1.807, 2.05) is 31.2 Å². The average molecular weight is 321 g/mol. The summed E-state index contributed by atoms with van der Waals surface area (Å²) in [6.45, 7) is 2.39. The fourth-order valence-electron chi connectivity index (χ4n) is 2.13. The van der Waals surface area contributed by atoms with Gasteiger partial charge in [0.05, 0.1) is 5.75 Å². The summed E-state index contributed by atoms with van der Waals surface area (Å²) in [7, 11) is -3.22. The number of rotatable bonds is 7. The van der Waals surface area contributed by atoms with Crippen molar-refractivity contribution in [1.29, 1.82) is 0 Å². The Hall–Kier alpha value is -1.72. The second-order valence-corrected chi connectivity index (χ2v) is 7.07. The number of benzene rings is 2. The van der Waals surface area contributed by atoms with Gasteiger partial charge in [0, 0.05) is 12.1 Å². The second-order valence-electron chi connectivity index (χ2n) is 5.14. The van der Waals surface area contributed by atoms with Crippen molar-refractivity contribution in [3.05, 3.63) is 59.9 Å². The molecule has 2 rings (SSSR count). The first kappa shape index (κ1) is 16.6. The van der Waals surface area contributed by atoms with E-state index in [2.05, 4.69) is 4.72 Å². The third-order valence-electron chi connectivity index (χ3n) is 3.37. The van der Waals surface area contributed by atoms with Gasteiger partial charge in [-0.1, -0.05) is 49.4 Å². The van der Waals surface area contributed by atoms with Crippen molar-refractivity contribution in [2.45, 2.75) is 19.8 Å². The number of halogens is 1. The Morgan fingerprint density at radius 1 is 1.05 bits per heavy atom. The van der Waals surface area contributed by atoms with Crippen molar-refractivity contribution in [3.8, 4) is 11.1 Å². The van der Waals surface area contributed by atoms with Crippen LogP contribution in [0.15, 0.2) is 48.5 Å². The number of nitrogens with one attached hydrogen (secondary N) is 1. The van der Waals surface area contributed by atoms with Crippen LogP contribution in [0, 0.1) is 5.82 Å². The van der Waals surface area contributed by atoms with Gasteiger partial charge in [-0.2, -0.15) is 0 Å². The highest BCUT2D eigenvalue weighted by atomic mass is 32.2. The molecule has 2 aromatic carbocycles. The highest BCUT2D eigenvalue weighted by Gasteiger charge is 2.09. The minimum Gasteiger partial charge on any atom is -0.215 e. The highest BCUT2D eigenvalue weighted by molar-refractivity contribution is 7.89. The summed E-state index contributed by atoms with van der Waals surface area (Å²) in [5.74, 6) is -0.201. The molecule has 0 unspecified atom stereocenters. The maximum absolute atomic E-state index is 13.7. The maximum Gasteiger partial charge on any atom is 0.211 e. The lowest BCUT2D eigenvalue weighted by Crippen LogP contribution is -2.27. The van der Waals surface area contributed by atoms with E-state index in [0.29, 0.717) is 18.5 Å². The van der Waals surface area contributed by atoms with Crippen molar-refractivity contribution in [2.24, 2.45) is 0 Å². The van der Waals surface area contributed by atoms with E-state index in [9.17, 15) is 12.8 Å². The third-order valence-corrected chi connectivity index (χ3v) is 4.76. The van der Waals surface area contributed by atoms with Gasteiger partial charge >= 0.3 is 0 Å². The summed E-state index contributed by atoms with van der Waals surface area (Å²) in [6.07, 6.45) is 1.22. The van der Waals surface area contributed by atoms with Crippen LogP contribution >= 0.6 is 0 Å². The van der Waals surface area contributed by atoms with E-state index in [0.717, 1.165) is 17.5 Å². The normalized spacial score (nSPS) is 11.5. The Balaban J connectivity index is 2.03. The molecule has 22 heavy (non-hydrogen) atoms. The fraction of sp³-hybridized carbons (Fsp3) is 0.294. The SMILES string of the molecule is CCCNS(=O)(=O)CCc1ccc(-c2ccccc2F)cc1. The van der Waals surface area contributed by atoms with Crippen LogP contribution in [0.4, 0.5) is 4.39 Å². The smallest absolute Gasteiger partial charge is 0.211 e. The second kappa shape index (κ2) is 7.51. The van der Waals surface area contributed by atoms with Gasteiger partial charge in [-0.3, -0.25) is 0 Å². The van der Waals surface area contributed by atoms with Gasteiger partial charge in [0.2, 0.25) is 10.0 Å². The molecule has 118 valence electrons. The van der Waals surface area contributed by atoms with Crippen LogP contribution in [0.2, 0.25) is 0 Å². The molecule has 0 bridgehead atoms. The molecule has 0 saturated carbocycles. The molecule has 0 saturated heterocycles. The topological polar surface area (TPSA) is 46.2 Å². The summed E-state index contributed by atoms with van der Waals surface area (Å²) >= 11 is 0. The van der Waals surface area contributed by atoms with Crippen molar-refractivity contribution in [1.82, 2.24) is 4.72 Å². The van der Waals surface area contributed by atoms with E-state index in [1.165, 1.54) is 6.07 Å². The van der Waals surface area contributed by atoms with E-state index in [1.54, 1.807) is 18.2 Å². The summed E-state index contributed by atoms with van der Waals surface area (Å²) in [5.41, 5.74) is 2.25. The van der Waals surface area contributed by atoms with Crippen LogP contribution in [-0.2, 0) is 16.4 Å². The Morgan fingerprint density at radius 2 is 1.73 bits per heavy atom. The molecule has 0 atom stereocenters. The van der Waals surface area contributed by atoms with Gasteiger partial charge < -0.3 is 0 Å². The quantitative estimate of drug-likeness (QED) is 0.850. The average Bonchev–Trinajstić information content (AvgIpc) is 2.52. The van der Waals surface area contributed by atoms with Crippen molar-refractivity contribution in [3.63, 3.8) is 0 Å². The Morgan fingerprint density at radius 3 is 2.36 bits per heavy atom. The van der Waals surface area contributed by atoms with Crippen LogP contribution in [0.3, 0.4) is 0 Å². The third kappa shape index (κ3) is 4.64. The zero-order valence-electron chi connectivity index (χ0n) is 12.5. The monoisotopic (exact) mass is 321 g/mol. The van der Waals surface area contributed by atoms with Crippen molar-refractivity contribution in [2.75, 3.05) is 12.3 Å². The van der Waals surface area contributed by atoms with Gasteiger partial charge in [0.1, 0.15) is 5.82 Å². The first-order valence-electron chi connectivity index (χ1n) is 7.33. The molecule has 0 spiro atoms. The molecule has 0 aliphatic rings. The molecule has 5 heteroatoms. The molecule has 0 fully saturated rings. The minimum absolute atomic E-state index is 0.0616. The first-order valence-corrected chi connectivity index (χ1v) is 8.98. The summed E-state index contributed by atoms with van der Waals surface area (Å²) < 4.78 is 39.7. The molecule has 0 aliphatic carbocycles. The predicted octanol–water partition coefficient (Wildman–Crippen LogP) is 3.36. The van der Waals surface area contributed by atoms with Gasteiger partial charge in [-0.05, 0) is 30.0 Å². The molecule has 0 aromatic heterocycles. The van der Waals surface area contributed by atoms with E-state index >= 15 is 0 Å². The molecular weight excluding hydrogens is 301 g/mol. The Labute approximate surface area is 131 Å².